The Hall–Kier alpha value is -2.51. The molecule has 0 saturated heterocycles. The fraction of sp³-hybridized carbons (Fsp3) is 0.480. The molecular weight excluding hydrogens is 414 g/mol. The Balaban J connectivity index is 2.05. The molecule has 0 aliphatic rings. The van der Waals surface area contributed by atoms with Gasteiger partial charge in [-0.25, -0.2) is 13.6 Å². The lowest BCUT2D eigenvalue weighted by molar-refractivity contribution is 0.0422. The van der Waals surface area contributed by atoms with Crippen molar-refractivity contribution in [3.05, 3.63) is 70.8 Å². The summed E-state index contributed by atoms with van der Waals surface area (Å²) in [7, 11) is 0. The highest BCUT2D eigenvalue weighted by Gasteiger charge is 2.25. The van der Waals surface area contributed by atoms with Gasteiger partial charge in [0.25, 0.3) is 0 Å². The van der Waals surface area contributed by atoms with Crippen LogP contribution < -0.4 is 10.6 Å². The van der Waals surface area contributed by atoms with Crippen molar-refractivity contribution in [3.8, 4) is 0 Å². The molecule has 176 valence electrons. The van der Waals surface area contributed by atoms with Gasteiger partial charge in [-0.3, -0.25) is 0 Å². The van der Waals surface area contributed by atoms with E-state index in [0.717, 1.165) is 11.6 Å². The van der Waals surface area contributed by atoms with Crippen molar-refractivity contribution in [1.82, 2.24) is 10.6 Å². The molecule has 1 amide bonds. The molecule has 5 nitrogen and oxygen atoms in total. The van der Waals surface area contributed by atoms with Crippen LogP contribution in [0.25, 0.3) is 0 Å². The predicted octanol–water partition coefficient (Wildman–Crippen LogP) is 4.67. The molecule has 0 saturated carbocycles. The normalized spacial score (nSPS) is 13.7. The van der Waals surface area contributed by atoms with Gasteiger partial charge in [0.2, 0.25) is 0 Å². The van der Waals surface area contributed by atoms with E-state index in [1.807, 2.05) is 12.1 Å². The van der Waals surface area contributed by atoms with Crippen LogP contribution in [-0.2, 0) is 17.7 Å². The maximum absolute atomic E-state index is 13.6. The Kier molecular flexibility index (Phi) is 9.16. The number of carbonyl (C=O) groups is 1. The van der Waals surface area contributed by atoms with E-state index >= 15 is 0 Å². The van der Waals surface area contributed by atoms with Gasteiger partial charge in [-0.1, -0.05) is 38.1 Å². The van der Waals surface area contributed by atoms with Gasteiger partial charge in [-0.05, 0) is 61.9 Å². The van der Waals surface area contributed by atoms with Crippen molar-refractivity contribution in [1.29, 1.82) is 0 Å². The average molecular weight is 449 g/mol. The quantitative estimate of drug-likeness (QED) is 0.521. The van der Waals surface area contributed by atoms with Crippen LogP contribution in [0.5, 0.6) is 0 Å². The van der Waals surface area contributed by atoms with Crippen LogP contribution in [0, 0.1) is 11.6 Å². The first-order valence-electron chi connectivity index (χ1n) is 10.8. The lowest BCUT2D eigenvalue weighted by atomic mass is 10.00. The number of halogens is 2. The summed E-state index contributed by atoms with van der Waals surface area (Å²) in [6, 6.07) is 10.5. The number of ether oxygens (including phenoxy) is 1. The number of rotatable bonds is 9. The number of benzene rings is 2. The van der Waals surface area contributed by atoms with Gasteiger partial charge in [0, 0.05) is 19.2 Å². The van der Waals surface area contributed by atoms with E-state index < -0.39 is 35.5 Å². The Labute approximate surface area is 189 Å². The SMILES string of the molecule is CC(C)c1cccc(CNC[C@@H](O)[C@H](Cc2cc(F)cc(F)c2)NC(=O)OC(C)(C)C)c1. The summed E-state index contributed by atoms with van der Waals surface area (Å²) in [5.74, 6) is -1.02. The molecule has 7 heteroatoms. The second kappa shape index (κ2) is 11.4. The fourth-order valence-electron chi connectivity index (χ4n) is 3.29. The van der Waals surface area contributed by atoms with E-state index in [4.69, 9.17) is 4.74 Å². The molecule has 0 aromatic heterocycles. The van der Waals surface area contributed by atoms with E-state index in [0.29, 0.717) is 18.0 Å². The van der Waals surface area contributed by atoms with Gasteiger partial charge in [-0.2, -0.15) is 0 Å². The number of aliphatic hydroxyl groups is 1. The highest BCUT2D eigenvalue weighted by Crippen LogP contribution is 2.16. The third kappa shape index (κ3) is 8.93. The molecule has 2 atom stereocenters. The first kappa shape index (κ1) is 25.7. The van der Waals surface area contributed by atoms with Gasteiger partial charge >= 0.3 is 6.09 Å². The monoisotopic (exact) mass is 448 g/mol. The highest BCUT2D eigenvalue weighted by atomic mass is 19.1. The van der Waals surface area contributed by atoms with Crippen molar-refractivity contribution in [3.63, 3.8) is 0 Å². The summed E-state index contributed by atoms with van der Waals surface area (Å²) >= 11 is 0. The molecule has 0 aliphatic heterocycles. The molecule has 2 aromatic rings. The lowest BCUT2D eigenvalue weighted by Gasteiger charge is -2.27. The van der Waals surface area contributed by atoms with Crippen LogP contribution in [-0.4, -0.2) is 35.5 Å². The minimum absolute atomic E-state index is 0.0413. The van der Waals surface area contributed by atoms with Crippen LogP contribution in [0.4, 0.5) is 13.6 Å². The topological polar surface area (TPSA) is 70.6 Å². The van der Waals surface area contributed by atoms with E-state index in [1.165, 1.54) is 17.7 Å². The van der Waals surface area contributed by atoms with Gasteiger partial charge in [0.05, 0.1) is 12.1 Å². The minimum atomic E-state index is -1.01. The minimum Gasteiger partial charge on any atom is -0.444 e. The maximum atomic E-state index is 13.6. The van der Waals surface area contributed by atoms with Crippen LogP contribution in [0.3, 0.4) is 0 Å². The maximum Gasteiger partial charge on any atom is 0.407 e. The van der Waals surface area contributed by atoms with Crippen LogP contribution >= 0.6 is 0 Å². The van der Waals surface area contributed by atoms with E-state index in [9.17, 15) is 18.7 Å². The summed E-state index contributed by atoms with van der Waals surface area (Å²) in [6.07, 6.45) is -1.68. The summed E-state index contributed by atoms with van der Waals surface area (Å²) in [5.41, 5.74) is 1.91. The molecule has 0 radical (unpaired) electrons. The molecule has 2 rings (SSSR count). The smallest absolute Gasteiger partial charge is 0.407 e. The number of amides is 1. The first-order valence-corrected chi connectivity index (χ1v) is 10.8. The lowest BCUT2D eigenvalue weighted by Crippen LogP contribution is -2.49. The predicted molar refractivity (Wildman–Crippen MR) is 121 cm³/mol. The van der Waals surface area contributed by atoms with Gasteiger partial charge < -0.3 is 20.5 Å². The molecule has 0 aliphatic carbocycles. The van der Waals surface area contributed by atoms with Crippen molar-refractivity contribution in [2.24, 2.45) is 0 Å². The first-order chi connectivity index (χ1) is 14.9. The van der Waals surface area contributed by atoms with Crippen LogP contribution in [0.1, 0.15) is 57.2 Å². The summed E-state index contributed by atoms with van der Waals surface area (Å²) < 4.78 is 32.5. The average Bonchev–Trinajstić information content (AvgIpc) is 2.65. The molecule has 0 fully saturated rings. The number of hydrogen-bond acceptors (Lipinski definition) is 4. The number of nitrogens with one attached hydrogen (secondary N) is 2. The van der Waals surface area contributed by atoms with E-state index in [-0.39, 0.29) is 13.0 Å². The highest BCUT2D eigenvalue weighted by molar-refractivity contribution is 5.68. The number of hydrogen-bond donors (Lipinski definition) is 3. The third-order valence-corrected chi connectivity index (χ3v) is 4.84. The zero-order valence-electron chi connectivity index (χ0n) is 19.4. The summed E-state index contributed by atoms with van der Waals surface area (Å²) in [5, 5.41) is 16.6. The number of carbonyl (C=O) groups excluding carboxylic acids is 1. The van der Waals surface area contributed by atoms with Crippen LogP contribution in [0.15, 0.2) is 42.5 Å². The van der Waals surface area contributed by atoms with Crippen molar-refractivity contribution < 1.29 is 23.4 Å². The van der Waals surface area contributed by atoms with Crippen molar-refractivity contribution in [2.75, 3.05) is 6.54 Å². The zero-order valence-corrected chi connectivity index (χ0v) is 19.4. The molecular formula is C25H34F2N2O3. The van der Waals surface area contributed by atoms with Gasteiger partial charge in [0.15, 0.2) is 0 Å². The van der Waals surface area contributed by atoms with Gasteiger partial charge in [-0.15, -0.1) is 0 Å². The summed E-state index contributed by atoms with van der Waals surface area (Å²) in [6.45, 7) is 10.1. The Bertz CT molecular complexity index is 877. The fourth-order valence-corrected chi connectivity index (χ4v) is 3.29. The summed E-state index contributed by atoms with van der Waals surface area (Å²) in [4.78, 5) is 12.3. The van der Waals surface area contributed by atoms with E-state index in [1.54, 1.807) is 20.8 Å². The van der Waals surface area contributed by atoms with E-state index in [2.05, 4.69) is 36.6 Å². The third-order valence-electron chi connectivity index (χ3n) is 4.84. The largest absolute Gasteiger partial charge is 0.444 e. The molecule has 0 heterocycles. The molecule has 0 bridgehead atoms. The van der Waals surface area contributed by atoms with Gasteiger partial charge in [0.1, 0.15) is 17.2 Å². The second-order valence-electron chi connectivity index (χ2n) is 9.33. The molecule has 3 N–H and O–H groups in total. The molecule has 32 heavy (non-hydrogen) atoms. The molecule has 0 spiro atoms. The molecule has 2 aromatic carbocycles. The molecule has 0 unspecified atom stereocenters. The second-order valence-corrected chi connectivity index (χ2v) is 9.33. The standard InChI is InChI=1S/C25H34F2N2O3/c1-16(2)19-8-6-7-17(9-19)14-28-15-23(30)22(29-24(31)32-25(3,4)5)12-18-10-20(26)13-21(27)11-18/h6-11,13,16,22-23,28,30H,12,14-15H2,1-5H3,(H,29,31)/t22-,23+/m0/s1. The van der Waals surface area contributed by atoms with Crippen molar-refractivity contribution >= 4 is 6.09 Å². The zero-order chi connectivity index (χ0) is 23.9. The Morgan fingerprint density at radius 3 is 2.31 bits per heavy atom. The van der Waals surface area contributed by atoms with Crippen molar-refractivity contribution in [2.45, 2.75) is 71.2 Å². The number of aliphatic hydroxyl groups excluding tert-OH is 1. The Morgan fingerprint density at radius 1 is 1.06 bits per heavy atom. The van der Waals surface area contributed by atoms with Crippen LogP contribution in [0.2, 0.25) is 0 Å². The Morgan fingerprint density at radius 2 is 1.72 bits per heavy atom. The number of alkyl carbamates (subject to hydrolysis) is 1.